The van der Waals surface area contributed by atoms with Gasteiger partial charge in [0.15, 0.2) is 0 Å². The van der Waals surface area contributed by atoms with Crippen LogP contribution in [0.2, 0.25) is 0 Å². The first-order valence-corrected chi connectivity index (χ1v) is 12.3. The van der Waals surface area contributed by atoms with E-state index in [0.717, 1.165) is 80.6 Å². The second kappa shape index (κ2) is 12.1. The van der Waals surface area contributed by atoms with Crippen LogP contribution in [0.25, 0.3) is 0 Å². The summed E-state index contributed by atoms with van der Waals surface area (Å²) in [5.41, 5.74) is 11.3. The number of nitrogens with two attached hydrogens (primary N) is 1. The van der Waals surface area contributed by atoms with Gasteiger partial charge in [-0.05, 0) is 70.4 Å². The van der Waals surface area contributed by atoms with Crippen LogP contribution < -0.4 is 5.73 Å². The highest BCUT2D eigenvalue weighted by molar-refractivity contribution is 6.06. The van der Waals surface area contributed by atoms with Crippen molar-refractivity contribution in [3.63, 3.8) is 0 Å². The number of aliphatic imine (C=N–C) groups is 2. The molecule has 0 aromatic rings. The van der Waals surface area contributed by atoms with E-state index in [1.165, 1.54) is 5.57 Å². The molecule has 0 bridgehead atoms. The van der Waals surface area contributed by atoms with Gasteiger partial charge in [0.05, 0.1) is 11.8 Å². The third-order valence-corrected chi connectivity index (χ3v) is 6.53. The summed E-state index contributed by atoms with van der Waals surface area (Å²) < 4.78 is 0. The molecule has 0 unspecified atom stereocenters. The normalized spacial score (nSPS) is 23.8. The third kappa shape index (κ3) is 6.38. The molecule has 2 atom stereocenters. The van der Waals surface area contributed by atoms with Crippen molar-refractivity contribution in [3.8, 4) is 0 Å². The van der Waals surface area contributed by atoms with Gasteiger partial charge in [0, 0.05) is 49.0 Å². The standard InChI is InChI=1S/C27H39N4O/c1-4-22(28)13-10-14-24-20(3)16-17-23(30-24)19-25(29-5-2)26-15-8-9-18-31(26)27(32)21-11-6-7-12-21/h6-7,11-12,16,19,22,26H,4-5,8-10,13-15,17-18,28H2,1-3H3/b23-19+,29-25?/t22-,26+/m1/s1. The lowest BCUT2D eigenvalue weighted by molar-refractivity contribution is -0.128. The second-order valence-electron chi connectivity index (χ2n) is 8.93. The topological polar surface area (TPSA) is 71.0 Å². The van der Waals surface area contributed by atoms with Gasteiger partial charge in [0.1, 0.15) is 0 Å². The molecular weight excluding hydrogens is 396 g/mol. The van der Waals surface area contributed by atoms with E-state index in [9.17, 15) is 4.79 Å². The van der Waals surface area contributed by atoms with Crippen LogP contribution >= 0.6 is 0 Å². The predicted octanol–water partition coefficient (Wildman–Crippen LogP) is 5.11. The fourth-order valence-electron chi connectivity index (χ4n) is 4.53. The maximum absolute atomic E-state index is 13.2. The number of piperidine rings is 1. The molecule has 0 aromatic heterocycles. The smallest absolute Gasteiger partial charge is 0.254 e. The molecule has 1 fully saturated rings. The molecule has 0 aromatic carbocycles. The lowest BCUT2D eigenvalue weighted by atomic mass is 9.94. The van der Waals surface area contributed by atoms with Crippen molar-refractivity contribution in [2.75, 3.05) is 13.1 Å². The maximum atomic E-state index is 13.2. The lowest BCUT2D eigenvalue weighted by Gasteiger charge is -2.36. The molecule has 0 spiro atoms. The molecule has 2 N–H and O–H groups in total. The Labute approximate surface area is 194 Å². The van der Waals surface area contributed by atoms with Gasteiger partial charge in [0.2, 0.25) is 0 Å². The number of allylic oxidation sites excluding steroid dienone is 4. The van der Waals surface area contributed by atoms with Gasteiger partial charge in [0.25, 0.3) is 5.91 Å². The molecule has 2 aliphatic heterocycles. The number of carbonyl (C=O) groups excluding carboxylic acids is 1. The van der Waals surface area contributed by atoms with E-state index in [4.69, 9.17) is 15.7 Å². The van der Waals surface area contributed by atoms with Crippen molar-refractivity contribution in [2.45, 2.75) is 84.2 Å². The van der Waals surface area contributed by atoms with E-state index in [0.29, 0.717) is 6.54 Å². The minimum atomic E-state index is 0.0202. The fraction of sp³-hybridized carbons (Fsp3) is 0.556. The zero-order valence-corrected chi connectivity index (χ0v) is 20.0. The molecule has 2 heterocycles. The third-order valence-electron chi connectivity index (χ3n) is 6.53. The van der Waals surface area contributed by atoms with Crippen LogP contribution in [0, 0.1) is 6.42 Å². The lowest BCUT2D eigenvalue weighted by Crippen LogP contribution is -2.48. The van der Waals surface area contributed by atoms with Crippen LogP contribution in [0.5, 0.6) is 0 Å². The molecule has 5 heteroatoms. The van der Waals surface area contributed by atoms with Gasteiger partial charge in [-0.3, -0.25) is 14.8 Å². The molecule has 1 aliphatic carbocycles. The molecule has 1 amide bonds. The number of hydrogen-bond acceptors (Lipinski definition) is 4. The number of rotatable bonds is 9. The van der Waals surface area contributed by atoms with Gasteiger partial charge in [-0.15, -0.1) is 0 Å². The van der Waals surface area contributed by atoms with Gasteiger partial charge in [-0.2, -0.15) is 0 Å². The van der Waals surface area contributed by atoms with E-state index in [-0.39, 0.29) is 18.0 Å². The molecule has 3 rings (SSSR count). The van der Waals surface area contributed by atoms with Crippen LogP contribution in [-0.2, 0) is 4.79 Å². The van der Waals surface area contributed by atoms with E-state index < -0.39 is 0 Å². The summed E-state index contributed by atoms with van der Waals surface area (Å²) in [6, 6.07) is 0.297. The largest absolute Gasteiger partial charge is 0.330 e. The van der Waals surface area contributed by atoms with Gasteiger partial charge in [-0.1, -0.05) is 31.2 Å². The Balaban J connectivity index is 1.78. The summed E-state index contributed by atoms with van der Waals surface area (Å²) in [5.74, 6) is 0.109. The van der Waals surface area contributed by atoms with Crippen LogP contribution in [-0.4, -0.2) is 47.4 Å². The summed E-state index contributed by atoms with van der Waals surface area (Å²) in [5, 5.41) is 0. The monoisotopic (exact) mass is 435 g/mol. The highest BCUT2D eigenvalue weighted by Crippen LogP contribution is 2.25. The van der Waals surface area contributed by atoms with Gasteiger partial charge in [-0.25, -0.2) is 0 Å². The highest BCUT2D eigenvalue weighted by atomic mass is 16.2. The minimum absolute atomic E-state index is 0.0202. The molecule has 32 heavy (non-hydrogen) atoms. The number of carbonyl (C=O) groups is 1. The molecule has 1 radical (unpaired) electrons. The van der Waals surface area contributed by atoms with E-state index in [2.05, 4.69) is 32.9 Å². The Bertz CT molecular complexity index is 859. The number of dihydropyridines is 1. The molecule has 1 saturated heterocycles. The van der Waals surface area contributed by atoms with Crippen molar-refractivity contribution >= 4 is 17.3 Å². The summed E-state index contributed by atoms with van der Waals surface area (Å²) in [6.45, 7) is 7.83. The Morgan fingerprint density at radius 2 is 2.22 bits per heavy atom. The first-order valence-electron chi connectivity index (χ1n) is 12.3. The van der Waals surface area contributed by atoms with Gasteiger partial charge >= 0.3 is 0 Å². The number of nitrogens with zero attached hydrogens (tertiary/aromatic N) is 3. The average Bonchev–Trinajstić information content (AvgIpc) is 3.35. The second-order valence-corrected chi connectivity index (χ2v) is 8.93. The van der Waals surface area contributed by atoms with Crippen molar-refractivity contribution in [1.82, 2.24) is 4.90 Å². The molecular formula is C27H39N4O. The van der Waals surface area contributed by atoms with Crippen molar-refractivity contribution < 1.29 is 4.79 Å². The molecule has 3 aliphatic rings. The van der Waals surface area contributed by atoms with Crippen LogP contribution in [0.15, 0.2) is 57.2 Å². The molecule has 173 valence electrons. The summed E-state index contributed by atoms with van der Waals surface area (Å²) in [6.07, 6.45) is 20.1. The van der Waals surface area contributed by atoms with Crippen LogP contribution in [0.4, 0.5) is 0 Å². The Morgan fingerprint density at radius 1 is 1.38 bits per heavy atom. The number of amides is 1. The average molecular weight is 436 g/mol. The SMILES string of the molecule is CCN=C(/C=C1\CC=C(C)C(CCC[C@H](N)CC)=N1)[C@@H]1CCCCN1C(=O)C1=C[CH]C=C1. The van der Waals surface area contributed by atoms with Crippen LogP contribution in [0.1, 0.15) is 72.1 Å². The van der Waals surface area contributed by atoms with Crippen molar-refractivity contribution in [1.29, 1.82) is 0 Å². The first-order chi connectivity index (χ1) is 15.5. The Kier molecular flexibility index (Phi) is 9.22. The minimum Gasteiger partial charge on any atom is -0.330 e. The number of hydrogen-bond donors (Lipinski definition) is 1. The van der Waals surface area contributed by atoms with Crippen molar-refractivity contribution in [2.24, 2.45) is 15.7 Å². The quantitative estimate of drug-likeness (QED) is 0.511. The van der Waals surface area contributed by atoms with Gasteiger partial charge < -0.3 is 10.6 Å². The summed E-state index contributed by atoms with van der Waals surface area (Å²) >= 11 is 0. The van der Waals surface area contributed by atoms with Crippen molar-refractivity contribution in [3.05, 3.63) is 53.6 Å². The van der Waals surface area contributed by atoms with Crippen LogP contribution in [0.3, 0.4) is 0 Å². The Morgan fingerprint density at radius 3 is 2.94 bits per heavy atom. The number of likely N-dealkylation sites (tertiary alicyclic amines) is 1. The zero-order chi connectivity index (χ0) is 22.9. The zero-order valence-electron chi connectivity index (χ0n) is 20.0. The maximum Gasteiger partial charge on any atom is 0.254 e. The highest BCUT2D eigenvalue weighted by Gasteiger charge is 2.31. The fourth-order valence-corrected chi connectivity index (χ4v) is 4.53. The summed E-state index contributed by atoms with van der Waals surface area (Å²) in [4.78, 5) is 25.0. The van der Waals surface area contributed by atoms with E-state index in [1.54, 1.807) is 0 Å². The Hall–Kier alpha value is -2.27. The van der Waals surface area contributed by atoms with E-state index >= 15 is 0 Å². The molecule has 5 nitrogen and oxygen atoms in total. The van der Waals surface area contributed by atoms with E-state index in [1.807, 2.05) is 29.5 Å². The summed E-state index contributed by atoms with van der Waals surface area (Å²) in [7, 11) is 0. The predicted molar refractivity (Wildman–Crippen MR) is 135 cm³/mol. The molecule has 0 saturated carbocycles. The first kappa shape index (κ1) is 24.4.